The number of hydrogen-bond donors (Lipinski definition) is 3. The van der Waals surface area contributed by atoms with Gasteiger partial charge in [-0.25, -0.2) is 0 Å². The molecular weight excluding hydrogens is 490 g/mol. The lowest BCUT2D eigenvalue weighted by atomic mass is 9.52. The van der Waals surface area contributed by atoms with E-state index in [0.29, 0.717) is 11.1 Å². The topological polar surface area (TPSA) is 168 Å². The van der Waals surface area contributed by atoms with Crippen molar-refractivity contribution in [3.8, 4) is 16.9 Å². The molecule has 0 aliphatic heterocycles. The third-order valence-electron chi connectivity index (χ3n) is 8.34. The zero-order chi connectivity index (χ0) is 27.8. The van der Waals surface area contributed by atoms with Crippen molar-refractivity contribution in [3.05, 3.63) is 46.8 Å². The highest BCUT2D eigenvalue weighted by Gasteiger charge is 2.69. The summed E-state index contributed by atoms with van der Waals surface area (Å²) in [6, 6.07) is 5.70. The van der Waals surface area contributed by atoms with Crippen LogP contribution in [0.5, 0.6) is 5.75 Å². The van der Waals surface area contributed by atoms with E-state index in [2.05, 4.69) is 4.98 Å². The van der Waals surface area contributed by atoms with Gasteiger partial charge in [0.2, 0.25) is 5.91 Å². The van der Waals surface area contributed by atoms with Gasteiger partial charge in [-0.2, -0.15) is 0 Å². The maximum absolute atomic E-state index is 13.9. The second kappa shape index (κ2) is 8.64. The molecule has 3 aliphatic carbocycles. The highest BCUT2D eigenvalue weighted by atomic mass is 16.3. The number of fused-ring (bicyclic) bond motifs is 3. The molecule has 2 saturated carbocycles. The maximum atomic E-state index is 13.9. The number of aryl methyl sites for hydroxylation is 2. The summed E-state index contributed by atoms with van der Waals surface area (Å²) in [5.41, 5.74) is 6.20. The van der Waals surface area contributed by atoms with Crippen LogP contribution in [-0.4, -0.2) is 74.9 Å². The maximum Gasteiger partial charge on any atom is 0.235 e. The molecule has 1 amide bonds. The smallest absolute Gasteiger partial charge is 0.235 e. The van der Waals surface area contributed by atoms with Crippen molar-refractivity contribution in [1.29, 1.82) is 0 Å². The number of pyridine rings is 1. The minimum absolute atomic E-state index is 0.00733. The number of carbonyl (C=O) groups is 5. The van der Waals surface area contributed by atoms with E-state index in [4.69, 9.17) is 5.73 Å². The summed E-state index contributed by atoms with van der Waals surface area (Å²) >= 11 is 0. The Morgan fingerprint density at radius 1 is 1.08 bits per heavy atom. The molecule has 2 fully saturated rings. The van der Waals surface area contributed by atoms with Crippen molar-refractivity contribution in [2.45, 2.75) is 38.3 Å². The summed E-state index contributed by atoms with van der Waals surface area (Å²) in [6.45, 7) is 3.70. The Labute approximate surface area is 218 Å². The summed E-state index contributed by atoms with van der Waals surface area (Å²) in [5.74, 6) is -10.6. The minimum Gasteiger partial charge on any atom is -0.507 e. The molecule has 6 atom stereocenters. The number of aromatic hydroxyl groups is 1. The van der Waals surface area contributed by atoms with Gasteiger partial charge in [0.1, 0.15) is 5.75 Å². The molecule has 198 valence electrons. The molecule has 1 heterocycles. The summed E-state index contributed by atoms with van der Waals surface area (Å²) in [5, 5.41) is 22.4. The van der Waals surface area contributed by atoms with Crippen LogP contribution in [0.15, 0.2) is 24.3 Å². The number of amides is 1. The number of nitrogens with two attached hydrogens (primary N) is 1. The van der Waals surface area contributed by atoms with E-state index in [9.17, 15) is 34.2 Å². The van der Waals surface area contributed by atoms with Gasteiger partial charge in [0.05, 0.1) is 17.5 Å². The van der Waals surface area contributed by atoms with Crippen molar-refractivity contribution in [3.63, 3.8) is 0 Å². The van der Waals surface area contributed by atoms with Crippen molar-refractivity contribution in [1.82, 2.24) is 9.88 Å². The Bertz CT molecular complexity index is 1430. The van der Waals surface area contributed by atoms with Crippen molar-refractivity contribution < 1.29 is 34.2 Å². The molecule has 4 N–H and O–H groups in total. The highest BCUT2D eigenvalue weighted by Crippen LogP contribution is 2.51. The molecule has 1 aromatic heterocycles. The van der Waals surface area contributed by atoms with E-state index in [1.807, 2.05) is 26.0 Å². The lowest BCUT2D eigenvalue weighted by Crippen LogP contribution is -2.74. The number of carbonyl (C=O) groups excluding carboxylic acids is 5. The molecule has 0 radical (unpaired) electrons. The van der Waals surface area contributed by atoms with E-state index in [-0.39, 0.29) is 24.2 Å². The second-order valence-corrected chi connectivity index (χ2v) is 10.9. The van der Waals surface area contributed by atoms with Crippen LogP contribution < -0.4 is 5.73 Å². The number of hydrogen-bond acceptors (Lipinski definition) is 9. The lowest BCUT2D eigenvalue weighted by Gasteiger charge is -2.52. The Morgan fingerprint density at radius 2 is 1.71 bits per heavy atom. The number of phenols is 1. The number of nitrogens with zero attached hydrogens (tertiary/aromatic N) is 2. The van der Waals surface area contributed by atoms with Crippen LogP contribution in [0.2, 0.25) is 0 Å². The quantitative estimate of drug-likeness (QED) is 0.490. The predicted octanol–water partition coefficient (Wildman–Crippen LogP) is 0.546. The van der Waals surface area contributed by atoms with Gasteiger partial charge in [0.15, 0.2) is 34.7 Å². The van der Waals surface area contributed by atoms with E-state index in [1.165, 1.54) is 11.0 Å². The average molecular weight is 520 g/mol. The van der Waals surface area contributed by atoms with Gasteiger partial charge in [-0.05, 0) is 81.6 Å². The number of aromatic nitrogens is 1. The number of primary amides is 1. The van der Waals surface area contributed by atoms with Gasteiger partial charge in [0.25, 0.3) is 0 Å². The van der Waals surface area contributed by atoms with Gasteiger partial charge in [-0.1, -0.05) is 6.07 Å². The summed E-state index contributed by atoms with van der Waals surface area (Å²) in [6.07, 6.45) is 0.212. The molecule has 0 saturated heterocycles. The fourth-order valence-corrected chi connectivity index (χ4v) is 6.87. The van der Waals surface area contributed by atoms with E-state index >= 15 is 0 Å². The van der Waals surface area contributed by atoms with Crippen molar-refractivity contribution in [2.75, 3.05) is 14.1 Å². The van der Waals surface area contributed by atoms with Crippen LogP contribution in [-0.2, 0) is 25.6 Å². The zero-order valence-corrected chi connectivity index (χ0v) is 21.5. The second-order valence-electron chi connectivity index (χ2n) is 10.9. The van der Waals surface area contributed by atoms with Gasteiger partial charge < -0.3 is 15.9 Å². The number of likely N-dealkylation sites (N-methyl/N-ethyl adjacent to an activating group) is 1. The van der Waals surface area contributed by atoms with Crippen molar-refractivity contribution >= 4 is 29.0 Å². The SMILES string of the molecule is Cc1cc(-c2ccc(O)c3c2C[C@@H]2C[C@@H]4[C@@H](N(C)C)C(=O)C(C(N)=O)C(=O)[C@]4(O)C(=O)C2C3=O)cc(C)n1. The fourth-order valence-electron chi connectivity index (χ4n) is 6.87. The van der Waals surface area contributed by atoms with Gasteiger partial charge in [-0.15, -0.1) is 0 Å². The molecule has 1 aromatic carbocycles. The molecule has 2 aromatic rings. The first kappa shape index (κ1) is 25.9. The van der Waals surface area contributed by atoms with Gasteiger partial charge >= 0.3 is 0 Å². The molecular formula is C28H29N3O7. The number of phenolic OH excluding ortho intramolecular Hbond substituents is 1. The lowest BCUT2D eigenvalue weighted by molar-refractivity contribution is -0.181. The first-order valence-corrected chi connectivity index (χ1v) is 12.4. The van der Waals surface area contributed by atoms with Crippen LogP contribution in [0.1, 0.15) is 33.7 Å². The number of benzene rings is 1. The number of aliphatic hydroxyl groups is 1. The van der Waals surface area contributed by atoms with Crippen LogP contribution in [0.3, 0.4) is 0 Å². The standard InChI is InChI=1S/C28H29N3O7/c1-11-7-13(8-12(2)30-11)15-5-6-18(32)20-16(15)9-14-10-17-22(31(3)4)24(34)21(27(29)37)26(36)28(17,38)25(35)19(14)23(20)33/h5-8,14,17,19,21-22,32,38H,9-10H2,1-4H3,(H2,29,37)/t14-,17-,19?,21?,22-,28-/m1/s1. The van der Waals surface area contributed by atoms with Crippen LogP contribution in [0, 0.1) is 37.5 Å². The van der Waals surface area contributed by atoms with Crippen LogP contribution in [0.4, 0.5) is 0 Å². The summed E-state index contributed by atoms with van der Waals surface area (Å²) in [7, 11) is 3.11. The van der Waals surface area contributed by atoms with E-state index in [1.54, 1.807) is 20.2 Å². The van der Waals surface area contributed by atoms with E-state index < -0.39 is 64.4 Å². The first-order chi connectivity index (χ1) is 17.8. The highest BCUT2D eigenvalue weighted by molar-refractivity contribution is 6.32. The molecule has 10 heteroatoms. The van der Waals surface area contributed by atoms with Crippen LogP contribution in [0.25, 0.3) is 11.1 Å². The Hall–Kier alpha value is -3.76. The summed E-state index contributed by atoms with van der Waals surface area (Å²) in [4.78, 5) is 72.2. The Kier molecular flexibility index (Phi) is 5.88. The largest absolute Gasteiger partial charge is 0.507 e. The normalized spacial score (nSPS) is 30.6. The molecule has 2 unspecified atom stereocenters. The van der Waals surface area contributed by atoms with Crippen LogP contribution >= 0.6 is 0 Å². The third-order valence-corrected chi connectivity index (χ3v) is 8.34. The molecule has 5 rings (SSSR count). The van der Waals surface area contributed by atoms with E-state index in [0.717, 1.165) is 17.0 Å². The molecule has 0 spiro atoms. The van der Waals surface area contributed by atoms with Gasteiger partial charge in [0, 0.05) is 17.3 Å². The molecule has 38 heavy (non-hydrogen) atoms. The molecule has 10 nitrogen and oxygen atoms in total. The Balaban J connectivity index is 1.67. The number of Topliss-reactive ketones (excluding diaryl/α,β-unsaturated/α-hetero) is 4. The zero-order valence-electron chi connectivity index (χ0n) is 21.5. The predicted molar refractivity (Wildman–Crippen MR) is 134 cm³/mol. The third kappa shape index (κ3) is 3.47. The number of ketones is 4. The molecule has 0 bridgehead atoms. The monoisotopic (exact) mass is 519 g/mol. The minimum atomic E-state index is -2.73. The molecule has 3 aliphatic rings. The number of rotatable bonds is 3. The first-order valence-electron chi connectivity index (χ1n) is 12.4. The summed E-state index contributed by atoms with van der Waals surface area (Å²) < 4.78 is 0. The Morgan fingerprint density at radius 3 is 2.29 bits per heavy atom. The fraction of sp³-hybridized carbons (Fsp3) is 0.429. The van der Waals surface area contributed by atoms with Gasteiger partial charge in [-0.3, -0.25) is 33.9 Å². The average Bonchev–Trinajstić information content (AvgIpc) is 2.80. The van der Waals surface area contributed by atoms with Crippen molar-refractivity contribution in [2.24, 2.45) is 29.4 Å².